The monoisotopic (exact) mass is 239 g/mol. The SMILES string of the molecule is C1=CS(c2ccccc2)(c2ccccc2)C=N1. The molecule has 2 aromatic carbocycles. The van der Waals surface area contributed by atoms with Crippen LogP contribution in [0.3, 0.4) is 0 Å². The van der Waals surface area contributed by atoms with Gasteiger partial charge in [-0.25, -0.2) is 0 Å². The molecule has 0 bridgehead atoms. The minimum absolute atomic E-state index is 1.19. The third kappa shape index (κ3) is 1.71. The van der Waals surface area contributed by atoms with Crippen molar-refractivity contribution in [3.05, 3.63) is 72.3 Å². The summed E-state index contributed by atoms with van der Waals surface area (Å²) in [5.74, 6) is 0. The van der Waals surface area contributed by atoms with Gasteiger partial charge in [-0.05, 0) is 29.7 Å². The van der Waals surface area contributed by atoms with Crippen molar-refractivity contribution in [3.8, 4) is 0 Å². The van der Waals surface area contributed by atoms with Crippen LogP contribution in [0.1, 0.15) is 0 Å². The molecule has 0 aliphatic carbocycles. The smallest absolute Gasteiger partial charge is 0.0544 e. The molecule has 0 spiro atoms. The Morgan fingerprint density at radius 3 is 1.65 bits per heavy atom. The average Bonchev–Trinajstić information content (AvgIpc) is 2.91. The predicted octanol–water partition coefficient (Wildman–Crippen LogP) is 4.42. The number of rotatable bonds is 2. The van der Waals surface area contributed by atoms with Gasteiger partial charge >= 0.3 is 0 Å². The van der Waals surface area contributed by atoms with E-state index >= 15 is 0 Å². The van der Waals surface area contributed by atoms with Gasteiger partial charge in [-0.15, -0.1) is 10.0 Å². The predicted molar refractivity (Wildman–Crippen MR) is 74.6 cm³/mol. The van der Waals surface area contributed by atoms with Gasteiger partial charge < -0.3 is 0 Å². The van der Waals surface area contributed by atoms with Crippen molar-refractivity contribution in [3.63, 3.8) is 0 Å². The number of aliphatic imine (C=N–C) groups is 1. The van der Waals surface area contributed by atoms with Crippen LogP contribution in [0.15, 0.2) is 87.1 Å². The van der Waals surface area contributed by atoms with Crippen molar-refractivity contribution in [2.24, 2.45) is 4.99 Å². The Hall–Kier alpha value is -1.80. The zero-order valence-corrected chi connectivity index (χ0v) is 10.2. The Morgan fingerprint density at radius 2 is 1.24 bits per heavy atom. The highest BCUT2D eigenvalue weighted by atomic mass is 32.3. The largest absolute Gasteiger partial charge is 0.258 e. The summed E-state index contributed by atoms with van der Waals surface area (Å²) < 4.78 is 0. The summed E-state index contributed by atoms with van der Waals surface area (Å²) in [4.78, 5) is 6.99. The molecule has 84 valence electrons. The van der Waals surface area contributed by atoms with Crippen molar-refractivity contribution in [2.75, 3.05) is 0 Å². The van der Waals surface area contributed by atoms with Crippen molar-refractivity contribution in [2.45, 2.75) is 9.79 Å². The van der Waals surface area contributed by atoms with Crippen molar-refractivity contribution >= 4 is 15.6 Å². The van der Waals surface area contributed by atoms with E-state index < -0.39 is 10.0 Å². The summed E-state index contributed by atoms with van der Waals surface area (Å²) in [7, 11) is -1.19. The lowest BCUT2D eigenvalue weighted by Gasteiger charge is -2.31. The van der Waals surface area contributed by atoms with Crippen molar-refractivity contribution < 1.29 is 0 Å². The fourth-order valence-corrected chi connectivity index (χ4v) is 4.64. The number of hydrogen-bond donors (Lipinski definition) is 0. The van der Waals surface area contributed by atoms with Gasteiger partial charge in [-0.2, -0.15) is 0 Å². The molecule has 2 heteroatoms. The Balaban J connectivity index is 2.19. The molecular formula is C15H13NS. The van der Waals surface area contributed by atoms with E-state index in [0.717, 1.165) is 0 Å². The van der Waals surface area contributed by atoms with E-state index in [-0.39, 0.29) is 0 Å². The first kappa shape index (κ1) is 10.4. The van der Waals surface area contributed by atoms with Gasteiger partial charge in [-0.3, -0.25) is 4.99 Å². The first-order valence-corrected chi connectivity index (χ1v) is 7.31. The lowest BCUT2D eigenvalue weighted by Crippen LogP contribution is -1.97. The average molecular weight is 239 g/mol. The molecule has 2 aromatic rings. The van der Waals surface area contributed by atoms with Gasteiger partial charge in [0, 0.05) is 16.0 Å². The molecule has 1 aliphatic rings. The minimum Gasteiger partial charge on any atom is -0.258 e. The second-order valence-corrected chi connectivity index (χ2v) is 6.72. The second-order valence-electron chi connectivity index (χ2n) is 3.88. The lowest BCUT2D eigenvalue weighted by molar-refractivity contribution is 1.38. The standard InChI is InChI=1S/C15H13NS/c1-3-7-14(8-4-1)17(12-11-16-13-17)15-9-5-2-6-10-15/h1-13H. The van der Waals surface area contributed by atoms with Crippen LogP contribution in [0, 0.1) is 0 Å². The topological polar surface area (TPSA) is 12.4 Å². The summed E-state index contributed by atoms with van der Waals surface area (Å²) in [5.41, 5.74) is 2.09. The molecule has 17 heavy (non-hydrogen) atoms. The summed E-state index contributed by atoms with van der Waals surface area (Å²) in [6.45, 7) is 0. The van der Waals surface area contributed by atoms with E-state index in [1.165, 1.54) is 9.79 Å². The third-order valence-electron chi connectivity index (χ3n) is 2.86. The van der Waals surface area contributed by atoms with Gasteiger partial charge in [0.2, 0.25) is 0 Å². The van der Waals surface area contributed by atoms with Crippen LogP contribution in [0.2, 0.25) is 0 Å². The molecule has 0 saturated carbocycles. The molecule has 0 amide bonds. The van der Waals surface area contributed by atoms with Gasteiger partial charge in [0.1, 0.15) is 0 Å². The maximum atomic E-state index is 4.32. The summed E-state index contributed by atoms with van der Waals surface area (Å²) in [6.07, 6.45) is 1.91. The van der Waals surface area contributed by atoms with E-state index in [0.29, 0.717) is 0 Å². The first-order valence-electron chi connectivity index (χ1n) is 5.55. The van der Waals surface area contributed by atoms with Crippen LogP contribution >= 0.6 is 10.0 Å². The summed E-state index contributed by atoms with van der Waals surface area (Å²) in [6, 6.07) is 21.2. The maximum Gasteiger partial charge on any atom is 0.0544 e. The molecule has 0 unspecified atom stereocenters. The van der Waals surface area contributed by atoms with Gasteiger partial charge in [-0.1, -0.05) is 36.4 Å². The molecule has 0 saturated heterocycles. The quantitative estimate of drug-likeness (QED) is 0.735. The minimum atomic E-state index is -1.19. The number of nitrogens with zero attached hydrogens (tertiary/aromatic N) is 1. The molecule has 0 atom stereocenters. The fourth-order valence-electron chi connectivity index (χ4n) is 2.00. The third-order valence-corrected chi connectivity index (χ3v) is 5.96. The summed E-state index contributed by atoms with van der Waals surface area (Å²) >= 11 is 0. The molecule has 0 fully saturated rings. The molecule has 1 aliphatic heterocycles. The number of benzene rings is 2. The number of hydrogen-bond acceptors (Lipinski definition) is 1. The maximum absolute atomic E-state index is 4.32. The van der Waals surface area contributed by atoms with Crippen molar-refractivity contribution in [1.29, 1.82) is 0 Å². The highest BCUT2D eigenvalue weighted by Gasteiger charge is 2.25. The Bertz CT molecular complexity index is 504. The van der Waals surface area contributed by atoms with Crippen LogP contribution in [-0.2, 0) is 0 Å². The Morgan fingerprint density at radius 1 is 0.706 bits per heavy atom. The Kier molecular flexibility index (Phi) is 2.57. The highest BCUT2D eigenvalue weighted by molar-refractivity contribution is 8.46. The van der Waals surface area contributed by atoms with E-state index in [1.807, 2.05) is 6.20 Å². The zero-order chi connectivity index (χ0) is 11.6. The van der Waals surface area contributed by atoms with Crippen LogP contribution in [0.25, 0.3) is 0 Å². The van der Waals surface area contributed by atoms with Crippen molar-refractivity contribution in [1.82, 2.24) is 0 Å². The molecular weight excluding hydrogens is 226 g/mol. The van der Waals surface area contributed by atoms with Crippen LogP contribution in [0.4, 0.5) is 0 Å². The molecule has 0 aromatic heterocycles. The first-order chi connectivity index (χ1) is 8.42. The van der Waals surface area contributed by atoms with Gasteiger partial charge in [0.25, 0.3) is 0 Å². The highest BCUT2D eigenvalue weighted by Crippen LogP contribution is 2.63. The zero-order valence-electron chi connectivity index (χ0n) is 9.36. The summed E-state index contributed by atoms with van der Waals surface area (Å²) in [5, 5.41) is 2.23. The molecule has 1 heterocycles. The lowest BCUT2D eigenvalue weighted by atomic mass is 10.4. The second kappa shape index (κ2) is 4.22. The van der Waals surface area contributed by atoms with Gasteiger partial charge in [0.05, 0.1) is 5.55 Å². The van der Waals surface area contributed by atoms with Gasteiger partial charge in [0.15, 0.2) is 0 Å². The fraction of sp³-hybridized carbons (Fsp3) is 0. The van der Waals surface area contributed by atoms with E-state index in [9.17, 15) is 0 Å². The molecule has 0 N–H and O–H groups in total. The molecule has 1 nitrogen and oxygen atoms in total. The van der Waals surface area contributed by atoms with Crippen LogP contribution < -0.4 is 0 Å². The Labute approximate surface area is 103 Å². The molecule has 3 rings (SSSR count). The van der Waals surface area contributed by atoms with Crippen LogP contribution in [-0.4, -0.2) is 5.55 Å². The molecule has 0 radical (unpaired) electrons. The normalized spacial score (nSPS) is 18.1. The van der Waals surface area contributed by atoms with Crippen LogP contribution in [0.5, 0.6) is 0 Å². The van der Waals surface area contributed by atoms with E-state index in [4.69, 9.17) is 0 Å². The van der Waals surface area contributed by atoms with E-state index in [1.54, 1.807) is 0 Å². The van der Waals surface area contributed by atoms with E-state index in [2.05, 4.69) is 76.6 Å².